The van der Waals surface area contributed by atoms with E-state index in [9.17, 15) is 18.0 Å². The van der Waals surface area contributed by atoms with Gasteiger partial charge in [0.1, 0.15) is 0 Å². The lowest BCUT2D eigenvalue weighted by molar-refractivity contribution is -0.135. The standard InChI is InChI=1S/C17H22N2O4S/c1-12-4-3-5-15(13(12)2)19-11-14(10-16(19)20)17(21)18-6-8-24(22,23)9-7-18/h3-5,14H,6-11H2,1-2H3. The van der Waals surface area contributed by atoms with E-state index in [1.807, 2.05) is 32.0 Å². The van der Waals surface area contributed by atoms with Crippen LogP contribution in [0.5, 0.6) is 0 Å². The minimum Gasteiger partial charge on any atom is -0.340 e. The fraction of sp³-hybridized carbons (Fsp3) is 0.529. The molecule has 0 aromatic heterocycles. The van der Waals surface area contributed by atoms with Crippen molar-refractivity contribution in [1.29, 1.82) is 0 Å². The first-order valence-electron chi connectivity index (χ1n) is 8.14. The van der Waals surface area contributed by atoms with Crippen LogP contribution in [0.25, 0.3) is 0 Å². The number of anilines is 1. The topological polar surface area (TPSA) is 74.8 Å². The second-order valence-electron chi connectivity index (χ2n) is 6.60. The molecule has 2 aliphatic heterocycles. The van der Waals surface area contributed by atoms with Crippen molar-refractivity contribution in [2.75, 3.05) is 36.0 Å². The summed E-state index contributed by atoms with van der Waals surface area (Å²) >= 11 is 0. The molecular formula is C17H22N2O4S. The molecule has 2 fully saturated rings. The maximum absolute atomic E-state index is 12.6. The van der Waals surface area contributed by atoms with E-state index >= 15 is 0 Å². The van der Waals surface area contributed by atoms with E-state index < -0.39 is 15.8 Å². The summed E-state index contributed by atoms with van der Waals surface area (Å²) in [5.74, 6) is -0.517. The molecule has 0 saturated carbocycles. The first-order chi connectivity index (χ1) is 11.3. The van der Waals surface area contributed by atoms with E-state index in [4.69, 9.17) is 0 Å². The maximum Gasteiger partial charge on any atom is 0.228 e. The van der Waals surface area contributed by atoms with Crippen LogP contribution >= 0.6 is 0 Å². The summed E-state index contributed by atoms with van der Waals surface area (Å²) in [5.41, 5.74) is 3.01. The van der Waals surface area contributed by atoms with Crippen LogP contribution in [-0.2, 0) is 19.4 Å². The molecule has 0 bridgehead atoms. The van der Waals surface area contributed by atoms with Gasteiger partial charge in [-0.25, -0.2) is 8.42 Å². The van der Waals surface area contributed by atoms with Crippen LogP contribution in [0.3, 0.4) is 0 Å². The number of rotatable bonds is 2. The number of benzene rings is 1. The summed E-state index contributed by atoms with van der Waals surface area (Å²) < 4.78 is 23.0. The number of hydrogen-bond acceptors (Lipinski definition) is 4. The molecule has 3 rings (SSSR count). The van der Waals surface area contributed by atoms with Crippen LogP contribution in [0.4, 0.5) is 5.69 Å². The highest BCUT2D eigenvalue weighted by atomic mass is 32.2. The number of aryl methyl sites for hydroxylation is 1. The predicted molar refractivity (Wildman–Crippen MR) is 91.6 cm³/mol. The number of sulfone groups is 1. The van der Waals surface area contributed by atoms with E-state index in [0.29, 0.717) is 6.54 Å². The van der Waals surface area contributed by atoms with E-state index in [1.54, 1.807) is 9.80 Å². The maximum atomic E-state index is 12.6. The first-order valence-corrected chi connectivity index (χ1v) is 9.96. The van der Waals surface area contributed by atoms with Gasteiger partial charge in [0.25, 0.3) is 0 Å². The van der Waals surface area contributed by atoms with Gasteiger partial charge in [0, 0.05) is 31.7 Å². The molecule has 2 heterocycles. The zero-order chi connectivity index (χ0) is 17.5. The van der Waals surface area contributed by atoms with Crippen molar-refractivity contribution < 1.29 is 18.0 Å². The lowest BCUT2D eigenvalue weighted by Crippen LogP contribution is -2.46. The Bertz CT molecular complexity index is 774. The van der Waals surface area contributed by atoms with Crippen molar-refractivity contribution in [2.24, 2.45) is 5.92 Å². The molecule has 0 N–H and O–H groups in total. The average molecular weight is 350 g/mol. The number of carbonyl (C=O) groups excluding carboxylic acids is 2. The molecule has 2 aliphatic rings. The van der Waals surface area contributed by atoms with Crippen LogP contribution in [0.1, 0.15) is 17.5 Å². The molecule has 6 nitrogen and oxygen atoms in total. The Morgan fingerprint density at radius 2 is 1.83 bits per heavy atom. The third-order valence-electron chi connectivity index (χ3n) is 5.00. The van der Waals surface area contributed by atoms with Gasteiger partial charge >= 0.3 is 0 Å². The van der Waals surface area contributed by atoms with Crippen molar-refractivity contribution in [3.05, 3.63) is 29.3 Å². The van der Waals surface area contributed by atoms with Crippen LogP contribution < -0.4 is 4.90 Å². The zero-order valence-corrected chi connectivity index (χ0v) is 14.8. The molecule has 0 aliphatic carbocycles. The minimum absolute atomic E-state index is 0.0140. The molecule has 24 heavy (non-hydrogen) atoms. The van der Waals surface area contributed by atoms with Gasteiger partial charge in [-0.05, 0) is 31.0 Å². The summed E-state index contributed by atoms with van der Waals surface area (Å²) in [6.45, 7) is 4.80. The Morgan fingerprint density at radius 3 is 2.50 bits per heavy atom. The van der Waals surface area contributed by atoms with Crippen molar-refractivity contribution in [1.82, 2.24) is 4.90 Å². The summed E-state index contributed by atoms with van der Waals surface area (Å²) in [5, 5.41) is 0. The lowest BCUT2D eigenvalue weighted by Gasteiger charge is -2.29. The molecule has 0 spiro atoms. The van der Waals surface area contributed by atoms with E-state index in [1.165, 1.54) is 0 Å². The van der Waals surface area contributed by atoms with Crippen molar-refractivity contribution >= 4 is 27.3 Å². The van der Waals surface area contributed by atoms with Crippen LogP contribution in [0.2, 0.25) is 0 Å². The highest BCUT2D eigenvalue weighted by Crippen LogP contribution is 2.30. The zero-order valence-electron chi connectivity index (χ0n) is 14.0. The Labute approximate surface area is 142 Å². The van der Waals surface area contributed by atoms with Crippen LogP contribution in [-0.4, -0.2) is 56.3 Å². The van der Waals surface area contributed by atoms with Crippen molar-refractivity contribution in [2.45, 2.75) is 20.3 Å². The molecule has 2 saturated heterocycles. The van der Waals surface area contributed by atoms with Gasteiger partial charge in [-0.1, -0.05) is 12.1 Å². The lowest BCUT2D eigenvalue weighted by atomic mass is 10.1. The third kappa shape index (κ3) is 3.17. The normalized spacial score (nSPS) is 23.6. The summed E-state index contributed by atoms with van der Waals surface area (Å²) in [6.07, 6.45) is 0.190. The first kappa shape index (κ1) is 17.0. The minimum atomic E-state index is -3.02. The van der Waals surface area contributed by atoms with Crippen LogP contribution in [0, 0.1) is 19.8 Å². The summed E-state index contributed by atoms with van der Waals surface area (Å²) in [6, 6.07) is 5.81. The fourth-order valence-corrected chi connectivity index (χ4v) is 4.53. The molecule has 1 atom stereocenters. The van der Waals surface area contributed by atoms with Gasteiger partial charge in [0.15, 0.2) is 9.84 Å². The second-order valence-corrected chi connectivity index (χ2v) is 8.91. The fourth-order valence-electron chi connectivity index (χ4n) is 3.32. The molecule has 2 amide bonds. The Balaban J connectivity index is 1.73. The van der Waals surface area contributed by atoms with Gasteiger partial charge in [-0.2, -0.15) is 0 Å². The quantitative estimate of drug-likeness (QED) is 0.795. The molecule has 0 radical (unpaired) electrons. The molecular weight excluding hydrogens is 328 g/mol. The number of amides is 2. The van der Waals surface area contributed by atoms with Gasteiger partial charge in [-0.15, -0.1) is 0 Å². The second kappa shape index (κ2) is 6.20. The number of nitrogens with zero attached hydrogens (tertiary/aromatic N) is 2. The Hall–Kier alpha value is -1.89. The molecule has 1 aromatic rings. The highest BCUT2D eigenvalue weighted by Gasteiger charge is 2.38. The highest BCUT2D eigenvalue weighted by molar-refractivity contribution is 7.91. The molecule has 1 unspecified atom stereocenters. The van der Waals surface area contributed by atoms with E-state index in [0.717, 1.165) is 16.8 Å². The number of carbonyl (C=O) groups is 2. The van der Waals surface area contributed by atoms with Gasteiger partial charge in [-0.3, -0.25) is 9.59 Å². The van der Waals surface area contributed by atoms with Gasteiger partial charge in [0.05, 0.1) is 17.4 Å². The largest absolute Gasteiger partial charge is 0.340 e. The summed E-state index contributed by atoms with van der Waals surface area (Å²) in [4.78, 5) is 28.3. The van der Waals surface area contributed by atoms with E-state index in [-0.39, 0.29) is 42.8 Å². The number of hydrogen-bond donors (Lipinski definition) is 0. The monoisotopic (exact) mass is 350 g/mol. The van der Waals surface area contributed by atoms with Crippen molar-refractivity contribution in [3.63, 3.8) is 0 Å². The van der Waals surface area contributed by atoms with Crippen molar-refractivity contribution in [3.8, 4) is 0 Å². The Morgan fingerprint density at radius 1 is 1.17 bits per heavy atom. The molecule has 130 valence electrons. The predicted octanol–water partition coefficient (Wildman–Crippen LogP) is 0.913. The molecule has 1 aromatic carbocycles. The third-order valence-corrected chi connectivity index (χ3v) is 6.61. The van der Waals surface area contributed by atoms with Gasteiger partial charge in [0.2, 0.25) is 11.8 Å². The van der Waals surface area contributed by atoms with Crippen LogP contribution in [0.15, 0.2) is 18.2 Å². The van der Waals surface area contributed by atoms with Gasteiger partial charge < -0.3 is 9.80 Å². The Kier molecular flexibility index (Phi) is 4.38. The average Bonchev–Trinajstić information content (AvgIpc) is 2.91. The SMILES string of the molecule is Cc1cccc(N2CC(C(=O)N3CCS(=O)(=O)CC3)CC2=O)c1C. The summed E-state index contributed by atoms with van der Waals surface area (Å²) in [7, 11) is -3.02. The smallest absolute Gasteiger partial charge is 0.228 e. The molecule has 7 heteroatoms. The van der Waals surface area contributed by atoms with E-state index in [2.05, 4.69) is 0 Å².